The van der Waals surface area contributed by atoms with Gasteiger partial charge in [0, 0.05) is 12.5 Å². The van der Waals surface area contributed by atoms with Gasteiger partial charge >= 0.3 is 5.97 Å². The summed E-state index contributed by atoms with van der Waals surface area (Å²) < 4.78 is 0. The van der Waals surface area contributed by atoms with E-state index in [1.54, 1.807) is 0 Å². The molecule has 0 heterocycles. The fourth-order valence-corrected chi connectivity index (χ4v) is 4.02. The summed E-state index contributed by atoms with van der Waals surface area (Å²) in [5.74, 6) is -0.438. The van der Waals surface area contributed by atoms with Gasteiger partial charge in [0.15, 0.2) is 0 Å². The predicted molar refractivity (Wildman–Crippen MR) is 88.0 cm³/mol. The van der Waals surface area contributed by atoms with E-state index in [0.29, 0.717) is 18.8 Å². The van der Waals surface area contributed by atoms with E-state index in [1.807, 2.05) is 18.2 Å². The first-order valence-corrected chi connectivity index (χ1v) is 8.66. The molecule has 4 heteroatoms. The fraction of sp³-hybridized carbons (Fsp3) is 0.579. The van der Waals surface area contributed by atoms with Gasteiger partial charge in [0.2, 0.25) is 5.91 Å². The van der Waals surface area contributed by atoms with Crippen LogP contribution in [0.25, 0.3) is 0 Å². The van der Waals surface area contributed by atoms with Gasteiger partial charge in [-0.25, -0.2) is 0 Å². The molecule has 124 valence electrons. The van der Waals surface area contributed by atoms with E-state index in [2.05, 4.69) is 17.4 Å². The average molecular weight is 315 g/mol. The Morgan fingerprint density at radius 1 is 1.13 bits per heavy atom. The molecule has 1 aromatic carbocycles. The Hall–Kier alpha value is -1.84. The second kappa shape index (κ2) is 6.73. The van der Waals surface area contributed by atoms with Gasteiger partial charge in [-0.1, -0.05) is 43.2 Å². The highest BCUT2D eigenvalue weighted by Crippen LogP contribution is 2.44. The van der Waals surface area contributed by atoms with Crippen LogP contribution in [0.15, 0.2) is 30.3 Å². The zero-order valence-electron chi connectivity index (χ0n) is 13.5. The third kappa shape index (κ3) is 3.57. The third-order valence-corrected chi connectivity index (χ3v) is 5.61. The van der Waals surface area contributed by atoms with Crippen LogP contribution in [0.2, 0.25) is 0 Å². The Morgan fingerprint density at radius 2 is 1.87 bits per heavy atom. The van der Waals surface area contributed by atoms with Gasteiger partial charge < -0.3 is 10.4 Å². The summed E-state index contributed by atoms with van der Waals surface area (Å²) in [6, 6.07) is 10.6. The number of nitrogens with one attached hydrogen (secondary N) is 1. The number of amides is 1. The Bertz CT molecular complexity index is 565. The Labute approximate surface area is 137 Å². The zero-order chi connectivity index (χ0) is 16.3. The van der Waals surface area contributed by atoms with E-state index < -0.39 is 11.4 Å². The van der Waals surface area contributed by atoms with Crippen molar-refractivity contribution in [1.82, 2.24) is 5.32 Å². The molecule has 2 unspecified atom stereocenters. The number of rotatable bonds is 6. The first-order chi connectivity index (χ1) is 11.1. The van der Waals surface area contributed by atoms with Crippen LogP contribution in [0, 0.1) is 11.3 Å². The second-order valence-electron chi connectivity index (χ2n) is 7.17. The molecule has 2 atom stereocenters. The lowest BCUT2D eigenvalue weighted by Gasteiger charge is -2.37. The van der Waals surface area contributed by atoms with Crippen LogP contribution in [0.4, 0.5) is 0 Å². The van der Waals surface area contributed by atoms with E-state index in [4.69, 9.17) is 0 Å². The van der Waals surface area contributed by atoms with Gasteiger partial charge in [-0.2, -0.15) is 0 Å². The highest BCUT2D eigenvalue weighted by molar-refractivity contribution is 5.85. The second-order valence-corrected chi connectivity index (χ2v) is 7.17. The molecular formula is C19H25NO3. The maximum absolute atomic E-state index is 12.3. The van der Waals surface area contributed by atoms with E-state index in [1.165, 1.54) is 5.56 Å². The summed E-state index contributed by atoms with van der Waals surface area (Å²) in [5, 5.41) is 12.5. The quantitative estimate of drug-likeness (QED) is 0.847. The Kier molecular flexibility index (Phi) is 4.69. The minimum Gasteiger partial charge on any atom is -0.481 e. The van der Waals surface area contributed by atoms with Gasteiger partial charge in [-0.05, 0) is 43.6 Å². The van der Waals surface area contributed by atoms with Gasteiger partial charge in [0.05, 0.1) is 5.41 Å². The summed E-state index contributed by atoms with van der Waals surface area (Å²) in [5.41, 5.74) is 0.511. The van der Waals surface area contributed by atoms with E-state index in [0.717, 1.165) is 32.1 Å². The van der Waals surface area contributed by atoms with Crippen LogP contribution in [0.3, 0.4) is 0 Å². The monoisotopic (exact) mass is 315 g/mol. The summed E-state index contributed by atoms with van der Waals surface area (Å²) in [6.07, 6.45) is 6.56. The molecule has 4 nitrogen and oxygen atoms in total. The maximum atomic E-state index is 12.3. The molecule has 2 aliphatic rings. The number of carbonyl (C=O) groups excluding carboxylic acids is 1. The zero-order valence-corrected chi connectivity index (χ0v) is 13.5. The molecule has 0 bridgehead atoms. The number of aliphatic carboxylic acids is 1. The molecule has 23 heavy (non-hydrogen) atoms. The highest BCUT2D eigenvalue weighted by Gasteiger charge is 2.46. The first kappa shape index (κ1) is 16.0. The van der Waals surface area contributed by atoms with Gasteiger partial charge in [-0.15, -0.1) is 0 Å². The van der Waals surface area contributed by atoms with Gasteiger partial charge in [-0.3, -0.25) is 9.59 Å². The molecular weight excluding hydrogens is 290 g/mol. The number of carbonyl (C=O) groups is 2. The molecule has 1 aromatic rings. The van der Waals surface area contributed by atoms with E-state index in [9.17, 15) is 14.7 Å². The molecule has 0 aliphatic heterocycles. The van der Waals surface area contributed by atoms with Crippen molar-refractivity contribution in [2.24, 2.45) is 11.3 Å². The van der Waals surface area contributed by atoms with Crippen LogP contribution in [-0.2, 0) is 16.0 Å². The van der Waals surface area contributed by atoms with Crippen molar-refractivity contribution in [3.05, 3.63) is 35.9 Å². The minimum atomic E-state index is -0.814. The summed E-state index contributed by atoms with van der Waals surface area (Å²) >= 11 is 0. The lowest BCUT2D eigenvalue weighted by molar-refractivity contribution is -0.157. The van der Waals surface area contributed by atoms with Crippen LogP contribution in [0.5, 0.6) is 0 Å². The van der Waals surface area contributed by atoms with Crippen molar-refractivity contribution in [3.8, 4) is 0 Å². The molecule has 0 radical (unpaired) electrons. The van der Waals surface area contributed by atoms with Crippen molar-refractivity contribution in [2.45, 2.75) is 57.4 Å². The van der Waals surface area contributed by atoms with Crippen LogP contribution < -0.4 is 5.32 Å². The van der Waals surface area contributed by atoms with E-state index in [-0.39, 0.29) is 18.4 Å². The predicted octanol–water partition coefficient (Wildman–Crippen LogP) is 3.16. The normalized spacial score (nSPS) is 25.6. The number of benzene rings is 1. The lowest BCUT2D eigenvalue weighted by Crippen LogP contribution is -2.45. The van der Waals surface area contributed by atoms with Gasteiger partial charge in [0.1, 0.15) is 0 Å². The summed E-state index contributed by atoms with van der Waals surface area (Å²) in [4.78, 5) is 23.7. The average Bonchev–Trinajstić information content (AvgIpc) is 2.90. The molecule has 0 aromatic heterocycles. The smallest absolute Gasteiger partial charge is 0.310 e. The summed E-state index contributed by atoms with van der Waals surface area (Å²) in [6.45, 7) is 0. The maximum Gasteiger partial charge on any atom is 0.310 e. The van der Waals surface area contributed by atoms with Crippen molar-refractivity contribution >= 4 is 11.9 Å². The summed E-state index contributed by atoms with van der Waals surface area (Å²) in [7, 11) is 0. The Morgan fingerprint density at radius 3 is 2.48 bits per heavy atom. The number of carboxylic acids is 1. The van der Waals surface area contributed by atoms with Crippen LogP contribution in [-0.4, -0.2) is 23.0 Å². The molecule has 1 amide bonds. The number of hydrogen-bond acceptors (Lipinski definition) is 2. The van der Waals surface area contributed by atoms with Gasteiger partial charge in [0.25, 0.3) is 0 Å². The lowest BCUT2D eigenvalue weighted by atomic mass is 9.66. The molecule has 0 spiro atoms. The fourth-order valence-electron chi connectivity index (χ4n) is 4.02. The molecule has 2 N–H and O–H groups in total. The minimum absolute atomic E-state index is 0.0861. The molecule has 2 aliphatic carbocycles. The molecule has 2 fully saturated rings. The van der Waals surface area contributed by atoms with Crippen LogP contribution in [0.1, 0.15) is 50.5 Å². The standard InChI is InChI=1S/C19H25NO3/c21-17(13-19(18(22)23)10-5-11-19)20-16-9-4-8-15(16)12-14-6-2-1-3-7-14/h1-3,6-7,15-16H,4-5,8-13H2,(H,20,21)(H,22,23). The first-order valence-electron chi connectivity index (χ1n) is 8.66. The number of hydrogen-bond donors (Lipinski definition) is 2. The SMILES string of the molecule is O=C(CC1(C(=O)O)CCC1)NC1CCCC1Cc1ccccc1. The molecule has 2 saturated carbocycles. The topological polar surface area (TPSA) is 66.4 Å². The molecule has 0 saturated heterocycles. The highest BCUT2D eigenvalue weighted by atomic mass is 16.4. The largest absolute Gasteiger partial charge is 0.481 e. The molecule has 3 rings (SSSR count). The van der Waals surface area contributed by atoms with Crippen molar-refractivity contribution in [1.29, 1.82) is 0 Å². The van der Waals surface area contributed by atoms with Crippen molar-refractivity contribution < 1.29 is 14.7 Å². The van der Waals surface area contributed by atoms with Crippen molar-refractivity contribution in [3.63, 3.8) is 0 Å². The third-order valence-electron chi connectivity index (χ3n) is 5.61. The van der Waals surface area contributed by atoms with Crippen molar-refractivity contribution in [2.75, 3.05) is 0 Å². The number of carboxylic acid groups (broad SMARTS) is 1. The Balaban J connectivity index is 1.56. The van der Waals surface area contributed by atoms with E-state index >= 15 is 0 Å². The van der Waals surface area contributed by atoms with Crippen LogP contribution >= 0.6 is 0 Å².